The van der Waals surface area contributed by atoms with Crippen molar-refractivity contribution in [2.75, 3.05) is 6.61 Å². The fourth-order valence-electron chi connectivity index (χ4n) is 3.04. The lowest BCUT2D eigenvalue weighted by atomic mass is 9.96. The predicted octanol–water partition coefficient (Wildman–Crippen LogP) is 1.37. The zero-order chi connectivity index (χ0) is 23.1. The van der Waals surface area contributed by atoms with Crippen molar-refractivity contribution >= 4 is 35.4 Å². The van der Waals surface area contributed by atoms with E-state index in [1.807, 2.05) is 0 Å². The molecule has 2 rings (SSSR count). The molecule has 1 aromatic rings. The van der Waals surface area contributed by atoms with Gasteiger partial charge < -0.3 is 29.0 Å². The van der Waals surface area contributed by atoms with Crippen LogP contribution in [0.2, 0.25) is 5.02 Å². The Morgan fingerprint density at radius 1 is 0.935 bits per heavy atom. The summed E-state index contributed by atoms with van der Waals surface area (Å²) in [6, 6.07) is 5.30. The fraction of sp³-hybridized carbons (Fsp3) is 0.500. The first kappa shape index (κ1) is 24.4. The molecule has 0 aliphatic carbocycles. The summed E-state index contributed by atoms with van der Waals surface area (Å²) in [5.41, 5.74) is 0. The van der Waals surface area contributed by atoms with Crippen LogP contribution >= 0.6 is 11.6 Å². The zero-order valence-electron chi connectivity index (χ0n) is 17.5. The van der Waals surface area contributed by atoms with Gasteiger partial charge in [0.15, 0.2) is 12.2 Å². The molecule has 10 nitrogen and oxygen atoms in total. The number of hydrogen-bond donors (Lipinski definition) is 1. The van der Waals surface area contributed by atoms with Crippen LogP contribution in [0.5, 0.6) is 5.75 Å². The standard InChI is InChI=1S/C20H24ClNO9/c1-10(23)22-17-19(29-13(4)26)18(28-12(3)25)16(9-27-11(2)24)31-20(17)30-15-7-5-14(21)6-8-15/h5-8,16-20H,9H2,1-4H3,(H,22,23)/t16-,17+,18+,19-,20-/m0/s1. The number of halogens is 1. The van der Waals surface area contributed by atoms with E-state index in [1.165, 1.54) is 20.8 Å². The number of nitrogens with one attached hydrogen (secondary N) is 1. The molecular formula is C20H24ClNO9. The van der Waals surface area contributed by atoms with Gasteiger partial charge in [0.25, 0.3) is 0 Å². The Kier molecular flexibility index (Phi) is 8.64. The molecule has 0 unspecified atom stereocenters. The Bertz CT molecular complexity index is 813. The number of hydrogen-bond acceptors (Lipinski definition) is 9. The topological polar surface area (TPSA) is 126 Å². The van der Waals surface area contributed by atoms with Gasteiger partial charge in [-0.15, -0.1) is 0 Å². The van der Waals surface area contributed by atoms with E-state index in [0.29, 0.717) is 10.8 Å². The van der Waals surface area contributed by atoms with Gasteiger partial charge in [-0.2, -0.15) is 0 Å². The van der Waals surface area contributed by atoms with E-state index in [-0.39, 0.29) is 6.61 Å². The molecule has 1 aliphatic rings. The van der Waals surface area contributed by atoms with Crippen LogP contribution in [0, 0.1) is 0 Å². The first-order valence-electron chi connectivity index (χ1n) is 9.39. The van der Waals surface area contributed by atoms with Crippen LogP contribution < -0.4 is 10.1 Å². The molecule has 31 heavy (non-hydrogen) atoms. The molecule has 1 amide bonds. The van der Waals surface area contributed by atoms with Crippen LogP contribution in [0.3, 0.4) is 0 Å². The minimum Gasteiger partial charge on any atom is -0.463 e. The molecule has 1 N–H and O–H groups in total. The molecule has 1 aliphatic heterocycles. The minimum atomic E-state index is -1.18. The maximum atomic E-state index is 11.9. The van der Waals surface area contributed by atoms with Gasteiger partial charge >= 0.3 is 17.9 Å². The maximum Gasteiger partial charge on any atom is 0.303 e. The summed E-state index contributed by atoms with van der Waals surface area (Å²) in [5.74, 6) is -2.07. The molecule has 0 saturated carbocycles. The van der Waals surface area contributed by atoms with Crippen LogP contribution in [-0.2, 0) is 38.1 Å². The fourth-order valence-corrected chi connectivity index (χ4v) is 3.16. The van der Waals surface area contributed by atoms with Gasteiger partial charge in [-0.1, -0.05) is 11.6 Å². The summed E-state index contributed by atoms with van der Waals surface area (Å²) in [4.78, 5) is 46.7. The number of carbonyl (C=O) groups excluding carboxylic acids is 4. The number of ether oxygens (including phenoxy) is 5. The lowest BCUT2D eigenvalue weighted by Crippen LogP contribution is -2.67. The van der Waals surface area contributed by atoms with Crippen molar-refractivity contribution in [2.45, 2.75) is 58.3 Å². The quantitative estimate of drug-likeness (QED) is 0.477. The molecule has 5 atom stereocenters. The van der Waals surface area contributed by atoms with E-state index in [4.69, 9.17) is 35.3 Å². The second-order valence-electron chi connectivity index (χ2n) is 6.79. The maximum absolute atomic E-state index is 11.9. The normalized spacial score (nSPS) is 25.1. The summed E-state index contributed by atoms with van der Waals surface area (Å²) >= 11 is 5.90. The number of amides is 1. The molecule has 1 fully saturated rings. The molecule has 11 heteroatoms. The van der Waals surface area contributed by atoms with E-state index >= 15 is 0 Å². The van der Waals surface area contributed by atoms with Gasteiger partial charge in [-0.05, 0) is 24.3 Å². The molecule has 0 radical (unpaired) electrons. The Morgan fingerprint density at radius 2 is 1.52 bits per heavy atom. The molecule has 1 aromatic carbocycles. The van der Waals surface area contributed by atoms with Crippen LogP contribution in [0.25, 0.3) is 0 Å². The van der Waals surface area contributed by atoms with E-state index in [0.717, 1.165) is 6.92 Å². The number of carbonyl (C=O) groups is 4. The van der Waals surface area contributed by atoms with Crippen molar-refractivity contribution < 1.29 is 42.9 Å². The number of benzene rings is 1. The Balaban J connectivity index is 2.43. The monoisotopic (exact) mass is 457 g/mol. The van der Waals surface area contributed by atoms with Gasteiger partial charge in [-0.3, -0.25) is 19.2 Å². The van der Waals surface area contributed by atoms with Crippen LogP contribution in [0.15, 0.2) is 24.3 Å². The highest BCUT2D eigenvalue weighted by Crippen LogP contribution is 2.29. The first-order valence-corrected chi connectivity index (χ1v) is 9.77. The molecular weight excluding hydrogens is 434 g/mol. The average molecular weight is 458 g/mol. The second-order valence-corrected chi connectivity index (χ2v) is 7.23. The molecule has 0 spiro atoms. The SMILES string of the molecule is CC(=O)N[C@H]1[C@@H](Oc2ccc(Cl)cc2)O[C@@H](COC(C)=O)[C@@H](OC(C)=O)[C@H]1OC(C)=O. The minimum absolute atomic E-state index is 0.307. The molecule has 170 valence electrons. The number of esters is 3. The molecule has 0 bridgehead atoms. The lowest BCUT2D eigenvalue weighted by molar-refractivity contribution is -0.257. The second kappa shape index (κ2) is 11.0. The van der Waals surface area contributed by atoms with Crippen LogP contribution in [0.4, 0.5) is 0 Å². The summed E-state index contributed by atoms with van der Waals surface area (Å²) in [5, 5.41) is 3.10. The number of rotatable bonds is 7. The van der Waals surface area contributed by atoms with Crippen LogP contribution in [-0.4, -0.2) is 61.1 Å². The van der Waals surface area contributed by atoms with E-state index in [1.54, 1.807) is 24.3 Å². The molecule has 1 saturated heterocycles. The van der Waals surface area contributed by atoms with Crippen molar-refractivity contribution in [3.05, 3.63) is 29.3 Å². The van der Waals surface area contributed by atoms with Gasteiger partial charge in [0.05, 0.1) is 0 Å². The third-order valence-electron chi connectivity index (χ3n) is 4.14. The summed E-state index contributed by atoms with van der Waals surface area (Å²) in [7, 11) is 0. The third kappa shape index (κ3) is 7.41. The van der Waals surface area contributed by atoms with E-state index in [2.05, 4.69) is 5.32 Å². The lowest BCUT2D eigenvalue weighted by Gasteiger charge is -2.44. The third-order valence-corrected chi connectivity index (χ3v) is 4.39. The summed E-state index contributed by atoms with van der Waals surface area (Å²) in [6.45, 7) is 4.49. The Morgan fingerprint density at radius 3 is 2.03 bits per heavy atom. The highest BCUT2D eigenvalue weighted by atomic mass is 35.5. The first-order chi connectivity index (χ1) is 14.6. The predicted molar refractivity (Wildman–Crippen MR) is 106 cm³/mol. The highest BCUT2D eigenvalue weighted by Gasteiger charge is 2.51. The van der Waals surface area contributed by atoms with Gasteiger partial charge in [0.2, 0.25) is 12.2 Å². The van der Waals surface area contributed by atoms with E-state index < -0.39 is 54.5 Å². The van der Waals surface area contributed by atoms with Gasteiger partial charge in [0.1, 0.15) is 24.5 Å². The van der Waals surface area contributed by atoms with Gasteiger partial charge in [0, 0.05) is 32.7 Å². The highest BCUT2D eigenvalue weighted by molar-refractivity contribution is 6.30. The average Bonchev–Trinajstić information content (AvgIpc) is 2.65. The van der Waals surface area contributed by atoms with Crippen molar-refractivity contribution in [3.8, 4) is 5.75 Å². The molecule has 1 heterocycles. The molecule has 0 aromatic heterocycles. The zero-order valence-corrected chi connectivity index (χ0v) is 18.2. The smallest absolute Gasteiger partial charge is 0.303 e. The van der Waals surface area contributed by atoms with E-state index in [9.17, 15) is 19.2 Å². The Hall–Kier alpha value is -2.85. The van der Waals surface area contributed by atoms with Crippen molar-refractivity contribution in [2.24, 2.45) is 0 Å². The van der Waals surface area contributed by atoms with Crippen molar-refractivity contribution in [1.29, 1.82) is 0 Å². The summed E-state index contributed by atoms with van der Waals surface area (Å²) < 4.78 is 27.5. The van der Waals surface area contributed by atoms with Crippen LogP contribution in [0.1, 0.15) is 27.7 Å². The largest absolute Gasteiger partial charge is 0.463 e. The summed E-state index contributed by atoms with van der Waals surface area (Å²) in [6.07, 6.45) is -4.58. The van der Waals surface area contributed by atoms with Crippen molar-refractivity contribution in [3.63, 3.8) is 0 Å². The Labute approximate surface area is 184 Å². The van der Waals surface area contributed by atoms with Gasteiger partial charge in [-0.25, -0.2) is 0 Å². The van der Waals surface area contributed by atoms with Crippen molar-refractivity contribution in [1.82, 2.24) is 5.32 Å².